The lowest BCUT2D eigenvalue weighted by molar-refractivity contribution is -0.123. The molecule has 2 amide bonds. The smallest absolute Gasteiger partial charge is 0.276 e. The molecule has 1 aromatic carbocycles. The van der Waals surface area contributed by atoms with Crippen LogP contribution in [0, 0.1) is 0 Å². The van der Waals surface area contributed by atoms with E-state index in [0.717, 1.165) is 11.1 Å². The van der Waals surface area contributed by atoms with Gasteiger partial charge in [-0.25, -0.2) is 0 Å². The molecule has 0 spiro atoms. The highest BCUT2D eigenvalue weighted by Crippen LogP contribution is 2.24. The van der Waals surface area contributed by atoms with Crippen molar-refractivity contribution >= 4 is 58.6 Å². The molecule has 0 aromatic heterocycles. The highest BCUT2D eigenvalue weighted by atomic mass is 32.1. The summed E-state index contributed by atoms with van der Waals surface area (Å²) in [5.41, 5.74) is 2.77. The molecule has 6 nitrogen and oxygen atoms in total. The van der Waals surface area contributed by atoms with E-state index in [2.05, 4.69) is 0 Å². The fourth-order valence-corrected chi connectivity index (χ4v) is 3.86. The molecular weight excluding hydrogens is 392 g/mol. The van der Waals surface area contributed by atoms with Crippen LogP contribution in [0.2, 0.25) is 0 Å². The molecule has 1 aromatic rings. The molecule has 2 fully saturated rings. The highest BCUT2D eigenvalue weighted by Gasteiger charge is 2.35. The summed E-state index contributed by atoms with van der Waals surface area (Å²) in [6.45, 7) is 4.86. The number of hydrogen-bond donors (Lipinski definition) is 0. The number of benzene rings is 1. The minimum absolute atomic E-state index is 0.103. The van der Waals surface area contributed by atoms with Crippen molar-refractivity contribution in [2.24, 2.45) is 0 Å². The summed E-state index contributed by atoms with van der Waals surface area (Å²) in [6, 6.07) is 7.65. The maximum absolute atomic E-state index is 12.6. The first-order valence-corrected chi connectivity index (χ1v) is 9.84. The third-order valence-electron chi connectivity index (χ3n) is 4.84. The molecule has 2 heterocycles. The van der Waals surface area contributed by atoms with Crippen molar-refractivity contribution in [1.82, 2.24) is 19.6 Å². The van der Waals surface area contributed by atoms with Crippen LogP contribution in [0.15, 0.2) is 35.7 Å². The molecule has 0 N–H and O–H groups in total. The van der Waals surface area contributed by atoms with Crippen molar-refractivity contribution in [3.63, 3.8) is 0 Å². The Morgan fingerprint density at radius 1 is 0.821 bits per heavy atom. The van der Waals surface area contributed by atoms with Gasteiger partial charge >= 0.3 is 0 Å². The van der Waals surface area contributed by atoms with E-state index < -0.39 is 0 Å². The Morgan fingerprint density at radius 3 is 1.54 bits per heavy atom. The van der Waals surface area contributed by atoms with Crippen LogP contribution >= 0.6 is 24.4 Å². The molecule has 146 valence electrons. The van der Waals surface area contributed by atoms with Gasteiger partial charge in [-0.2, -0.15) is 0 Å². The minimum Gasteiger partial charge on any atom is -0.317 e. The predicted molar refractivity (Wildman–Crippen MR) is 118 cm³/mol. The summed E-state index contributed by atoms with van der Waals surface area (Å²) in [7, 11) is 3.58. The van der Waals surface area contributed by atoms with E-state index in [0.29, 0.717) is 34.7 Å². The normalized spacial score (nSPS) is 20.6. The molecule has 2 saturated heterocycles. The molecule has 28 heavy (non-hydrogen) atoms. The standard InChI is InChI=1S/C20H22N4O2S2/c1-5-23-17(25)15(21(3)19(23)27)11-13-8-7-9-14(10-13)12-16-18(26)24(6-2)20(28)22(16)4/h7-12H,5-6H2,1-4H3. The maximum Gasteiger partial charge on any atom is 0.276 e. The van der Waals surface area contributed by atoms with Gasteiger partial charge in [-0.3, -0.25) is 19.4 Å². The SMILES string of the molecule is CCN1C(=O)C(=Cc2cccc(C=C3C(=O)N(CC)C(=S)N3C)c2)N(C)C1=S. The fraction of sp³-hybridized carbons (Fsp3) is 0.300. The van der Waals surface area contributed by atoms with Crippen LogP contribution in [-0.4, -0.2) is 68.8 Å². The zero-order chi connectivity index (χ0) is 20.6. The van der Waals surface area contributed by atoms with Crippen LogP contribution in [0.3, 0.4) is 0 Å². The first-order chi connectivity index (χ1) is 13.3. The van der Waals surface area contributed by atoms with Crippen LogP contribution in [0.25, 0.3) is 12.2 Å². The number of carbonyl (C=O) groups excluding carboxylic acids is 2. The topological polar surface area (TPSA) is 47.1 Å². The highest BCUT2D eigenvalue weighted by molar-refractivity contribution is 7.80. The molecule has 0 bridgehead atoms. The van der Waals surface area contributed by atoms with Crippen molar-refractivity contribution < 1.29 is 9.59 Å². The summed E-state index contributed by atoms with van der Waals surface area (Å²) >= 11 is 10.7. The molecule has 2 aliphatic rings. The van der Waals surface area contributed by atoms with Gasteiger partial charge in [0.1, 0.15) is 11.4 Å². The van der Waals surface area contributed by atoms with E-state index >= 15 is 0 Å². The van der Waals surface area contributed by atoms with E-state index in [1.807, 2.05) is 50.3 Å². The third kappa shape index (κ3) is 3.33. The van der Waals surface area contributed by atoms with Crippen LogP contribution in [-0.2, 0) is 9.59 Å². The Hall–Kier alpha value is -2.58. The molecule has 0 unspecified atom stereocenters. The Kier molecular flexibility index (Phi) is 5.62. The summed E-state index contributed by atoms with van der Waals surface area (Å²) < 4.78 is 0. The Bertz CT molecular complexity index is 867. The summed E-state index contributed by atoms with van der Waals surface area (Å²) in [5, 5.41) is 1.01. The van der Waals surface area contributed by atoms with Gasteiger partial charge in [0.05, 0.1) is 0 Å². The Labute approximate surface area is 175 Å². The molecule has 0 saturated carbocycles. The average Bonchev–Trinajstić information content (AvgIpc) is 3.01. The van der Waals surface area contributed by atoms with Crippen molar-refractivity contribution in [2.75, 3.05) is 27.2 Å². The number of likely N-dealkylation sites (N-methyl/N-ethyl adjacent to an activating group) is 4. The molecular formula is C20H22N4O2S2. The number of amides is 2. The molecule has 0 radical (unpaired) electrons. The van der Waals surface area contributed by atoms with E-state index in [-0.39, 0.29) is 11.8 Å². The summed E-state index contributed by atoms with van der Waals surface area (Å²) in [6.07, 6.45) is 3.63. The van der Waals surface area contributed by atoms with Crippen LogP contribution in [0.1, 0.15) is 25.0 Å². The number of rotatable bonds is 4. The van der Waals surface area contributed by atoms with Gasteiger partial charge in [-0.15, -0.1) is 0 Å². The molecule has 0 aliphatic carbocycles. The second kappa shape index (κ2) is 7.81. The largest absolute Gasteiger partial charge is 0.317 e. The zero-order valence-electron chi connectivity index (χ0n) is 16.3. The minimum atomic E-state index is -0.103. The van der Waals surface area contributed by atoms with E-state index in [1.54, 1.807) is 33.7 Å². The second-order valence-electron chi connectivity index (χ2n) is 6.51. The first kappa shape index (κ1) is 20.2. The van der Waals surface area contributed by atoms with Crippen molar-refractivity contribution in [3.05, 3.63) is 46.8 Å². The fourth-order valence-electron chi connectivity index (χ4n) is 3.23. The van der Waals surface area contributed by atoms with Crippen LogP contribution in [0.5, 0.6) is 0 Å². The van der Waals surface area contributed by atoms with Gasteiger partial charge in [-0.05, 0) is 67.6 Å². The van der Waals surface area contributed by atoms with E-state index in [9.17, 15) is 9.59 Å². The van der Waals surface area contributed by atoms with Gasteiger partial charge in [-0.1, -0.05) is 18.2 Å². The lowest BCUT2D eigenvalue weighted by Crippen LogP contribution is -2.30. The molecule has 3 rings (SSSR count). The Balaban J connectivity index is 1.94. The lowest BCUT2D eigenvalue weighted by atomic mass is 10.1. The Morgan fingerprint density at radius 2 is 1.21 bits per heavy atom. The maximum atomic E-state index is 12.6. The van der Waals surface area contributed by atoms with Gasteiger partial charge in [0.25, 0.3) is 11.8 Å². The molecule has 8 heteroatoms. The third-order valence-corrected chi connectivity index (χ3v) is 5.83. The van der Waals surface area contributed by atoms with E-state index in [1.165, 1.54) is 0 Å². The average molecular weight is 415 g/mol. The van der Waals surface area contributed by atoms with Gasteiger partial charge in [0.2, 0.25) is 0 Å². The lowest BCUT2D eigenvalue weighted by Gasteiger charge is -2.13. The molecule has 2 aliphatic heterocycles. The number of nitrogens with zero attached hydrogens (tertiary/aromatic N) is 4. The van der Waals surface area contributed by atoms with Gasteiger partial charge in [0.15, 0.2) is 10.2 Å². The number of hydrogen-bond acceptors (Lipinski definition) is 4. The predicted octanol–water partition coefficient (Wildman–Crippen LogP) is 2.53. The first-order valence-electron chi connectivity index (χ1n) is 9.02. The van der Waals surface area contributed by atoms with E-state index in [4.69, 9.17) is 24.4 Å². The summed E-state index contributed by atoms with van der Waals surface area (Å²) in [4.78, 5) is 31.7. The zero-order valence-corrected chi connectivity index (χ0v) is 17.9. The van der Waals surface area contributed by atoms with Crippen LogP contribution in [0.4, 0.5) is 0 Å². The van der Waals surface area contributed by atoms with Crippen LogP contribution < -0.4 is 0 Å². The van der Waals surface area contributed by atoms with Crippen molar-refractivity contribution in [3.8, 4) is 0 Å². The summed E-state index contributed by atoms with van der Waals surface area (Å²) in [5.74, 6) is -0.207. The number of carbonyl (C=O) groups is 2. The molecule has 0 atom stereocenters. The quantitative estimate of drug-likeness (QED) is 0.557. The van der Waals surface area contributed by atoms with Crippen molar-refractivity contribution in [1.29, 1.82) is 0 Å². The number of thiocarbonyl (C=S) groups is 2. The monoisotopic (exact) mass is 414 g/mol. The van der Waals surface area contributed by atoms with Gasteiger partial charge < -0.3 is 9.80 Å². The van der Waals surface area contributed by atoms with Crippen molar-refractivity contribution in [2.45, 2.75) is 13.8 Å². The van der Waals surface area contributed by atoms with Gasteiger partial charge in [0, 0.05) is 27.2 Å². The second-order valence-corrected chi connectivity index (χ2v) is 7.24.